The fourth-order valence-corrected chi connectivity index (χ4v) is 8.49. The van der Waals surface area contributed by atoms with Gasteiger partial charge in [0.2, 0.25) is 0 Å². The van der Waals surface area contributed by atoms with Crippen molar-refractivity contribution in [1.29, 1.82) is 0 Å². The third-order valence-corrected chi connectivity index (χ3v) is 11.1. The average Bonchev–Trinajstić information content (AvgIpc) is 3.63. The van der Waals surface area contributed by atoms with E-state index in [4.69, 9.17) is 4.42 Å². The molecule has 0 radical (unpaired) electrons. The average molecular weight is 729 g/mol. The molecule has 11 aromatic rings. The minimum absolute atomic E-state index is 0.819. The lowest BCUT2D eigenvalue weighted by Crippen LogP contribution is -2.14. The van der Waals surface area contributed by atoms with Gasteiger partial charge in [0.1, 0.15) is 11.2 Å². The summed E-state index contributed by atoms with van der Waals surface area (Å²) >= 11 is 0. The topological polar surface area (TPSA) is 19.6 Å². The van der Waals surface area contributed by atoms with E-state index in [2.05, 4.69) is 228 Å². The molecular weight excluding hydrogens is 693 g/mol. The molecule has 0 aliphatic heterocycles. The van der Waals surface area contributed by atoms with Crippen LogP contribution in [0.4, 0.5) is 34.1 Å². The van der Waals surface area contributed by atoms with E-state index in [9.17, 15) is 0 Å². The standard InChI is InChI=1S/C54H36N2O/c1-4-17-38(18-5-1)49-34-46(31-42-22-14-15-27-48(42)49)55(43-23-6-2-7-24-43)47-35-51(54-50-32-40-20-12-13-21-41(40)33-52(50)57-53(54)36-47)56(44-25-8-3-9-26-44)45-29-28-37-16-10-11-19-39(37)30-45/h1-36H. The van der Waals surface area contributed by atoms with Crippen LogP contribution >= 0.6 is 0 Å². The van der Waals surface area contributed by atoms with Gasteiger partial charge in [-0.05, 0) is 110 Å². The number of hydrogen-bond donors (Lipinski definition) is 0. The molecule has 3 heteroatoms. The van der Waals surface area contributed by atoms with Crippen molar-refractivity contribution < 1.29 is 4.42 Å². The van der Waals surface area contributed by atoms with E-state index in [0.717, 1.165) is 61.4 Å². The molecule has 0 N–H and O–H groups in total. The predicted molar refractivity (Wildman–Crippen MR) is 241 cm³/mol. The second-order valence-electron chi connectivity index (χ2n) is 14.6. The van der Waals surface area contributed by atoms with E-state index < -0.39 is 0 Å². The van der Waals surface area contributed by atoms with Crippen molar-refractivity contribution in [2.75, 3.05) is 9.80 Å². The zero-order chi connectivity index (χ0) is 37.7. The minimum atomic E-state index is 0.819. The van der Waals surface area contributed by atoms with Crippen LogP contribution in [0.25, 0.3) is 65.4 Å². The van der Waals surface area contributed by atoms with Gasteiger partial charge in [-0.3, -0.25) is 0 Å². The van der Waals surface area contributed by atoms with Crippen molar-refractivity contribution in [2.24, 2.45) is 0 Å². The zero-order valence-electron chi connectivity index (χ0n) is 31.1. The highest BCUT2D eigenvalue weighted by Gasteiger charge is 2.25. The summed E-state index contributed by atoms with van der Waals surface area (Å²) in [5, 5.41) is 9.24. The van der Waals surface area contributed by atoms with Crippen LogP contribution in [-0.4, -0.2) is 0 Å². The predicted octanol–water partition coefficient (Wildman–Crippen LogP) is 15.7. The van der Waals surface area contributed by atoms with E-state index in [1.807, 2.05) is 0 Å². The number of furan rings is 1. The SMILES string of the molecule is c1ccc(-c2cc(N(c3ccccc3)c3cc(N(c4ccccc4)c4ccc5ccccc5c4)c4c(c3)oc3cc5ccccc5cc34)cc3ccccc23)cc1. The highest BCUT2D eigenvalue weighted by atomic mass is 16.3. The smallest absolute Gasteiger partial charge is 0.139 e. The quantitative estimate of drug-likeness (QED) is 0.163. The normalized spacial score (nSPS) is 11.5. The Hall–Kier alpha value is -7.62. The van der Waals surface area contributed by atoms with E-state index in [1.54, 1.807) is 0 Å². The van der Waals surface area contributed by atoms with Gasteiger partial charge in [0.15, 0.2) is 0 Å². The summed E-state index contributed by atoms with van der Waals surface area (Å²) in [6, 6.07) is 78.2. The van der Waals surface area contributed by atoms with Crippen molar-refractivity contribution in [3.05, 3.63) is 218 Å². The Morgan fingerprint density at radius 2 is 0.842 bits per heavy atom. The van der Waals surface area contributed by atoms with Gasteiger partial charge in [0.25, 0.3) is 0 Å². The number of benzene rings is 10. The van der Waals surface area contributed by atoms with Gasteiger partial charge in [-0.2, -0.15) is 0 Å². The van der Waals surface area contributed by atoms with Crippen LogP contribution in [0.2, 0.25) is 0 Å². The number of nitrogens with zero attached hydrogens (tertiary/aromatic N) is 2. The maximum atomic E-state index is 6.97. The Balaban J connectivity index is 1.24. The van der Waals surface area contributed by atoms with Crippen molar-refractivity contribution >= 4 is 88.4 Å². The largest absolute Gasteiger partial charge is 0.456 e. The van der Waals surface area contributed by atoms with Crippen molar-refractivity contribution in [3.8, 4) is 11.1 Å². The van der Waals surface area contributed by atoms with Crippen LogP contribution in [0.15, 0.2) is 223 Å². The van der Waals surface area contributed by atoms with Crippen LogP contribution in [0.3, 0.4) is 0 Å². The monoisotopic (exact) mass is 728 g/mol. The molecule has 57 heavy (non-hydrogen) atoms. The molecule has 0 amide bonds. The zero-order valence-corrected chi connectivity index (χ0v) is 31.1. The summed E-state index contributed by atoms with van der Waals surface area (Å²) in [6.07, 6.45) is 0. The first kappa shape index (κ1) is 32.8. The lowest BCUT2D eigenvalue weighted by molar-refractivity contribution is 0.669. The van der Waals surface area contributed by atoms with Crippen molar-refractivity contribution in [1.82, 2.24) is 0 Å². The molecule has 0 bridgehead atoms. The van der Waals surface area contributed by atoms with Gasteiger partial charge in [-0.25, -0.2) is 0 Å². The number of hydrogen-bond acceptors (Lipinski definition) is 3. The molecular formula is C54H36N2O. The number of anilines is 6. The molecule has 268 valence electrons. The molecule has 0 atom stereocenters. The molecule has 0 aliphatic carbocycles. The van der Waals surface area contributed by atoms with Crippen LogP contribution in [0, 0.1) is 0 Å². The van der Waals surface area contributed by atoms with Crippen LogP contribution < -0.4 is 9.80 Å². The Morgan fingerprint density at radius 3 is 1.56 bits per heavy atom. The number of para-hydroxylation sites is 2. The van der Waals surface area contributed by atoms with Crippen LogP contribution in [0.1, 0.15) is 0 Å². The van der Waals surface area contributed by atoms with E-state index in [1.165, 1.54) is 38.1 Å². The minimum Gasteiger partial charge on any atom is -0.456 e. The second kappa shape index (κ2) is 13.6. The molecule has 0 saturated heterocycles. The Morgan fingerprint density at radius 1 is 0.298 bits per heavy atom. The summed E-state index contributed by atoms with van der Waals surface area (Å²) in [6.45, 7) is 0. The molecule has 0 spiro atoms. The Kier molecular flexibility index (Phi) is 7.82. The molecule has 0 saturated carbocycles. The first-order valence-electron chi connectivity index (χ1n) is 19.4. The molecule has 0 unspecified atom stereocenters. The second-order valence-corrected chi connectivity index (χ2v) is 14.6. The summed E-state index contributed by atoms with van der Waals surface area (Å²) in [7, 11) is 0. The summed E-state index contributed by atoms with van der Waals surface area (Å²) in [4.78, 5) is 4.76. The maximum Gasteiger partial charge on any atom is 0.139 e. The summed E-state index contributed by atoms with van der Waals surface area (Å²) in [5.74, 6) is 0. The third kappa shape index (κ3) is 5.76. The van der Waals surface area contributed by atoms with Gasteiger partial charge in [0.05, 0.1) is 16.8 Å². The molecule has 1 aromatic heterocycles. The molecule has 11 rings (SSSR count). The molecule has 10 aromatic carbocycles. The summed E-state index contributed by atoms with van der Waals surface area (Å²) < 4.78 is 6.97. The maximum absolute atomic E-state index is 6.97. The molecule has 0 aliphatic rings. The molecule has 1 heterocycles. The first-order chi connectivity index (χ1) is 28.2. The van der Waals surface area contributed by atoms with Gasteiger partial charge in [-0.1, -0.05) is 146 Å². The highest BCUT2D eigenvalue weighted by molar-refractivity contribution is 6.18. The Bertz CT molecular complexity index is 3240. The van der Waals surface area contributed by atoms with Gasteiger partial charge < -0.3 is 14.2 Å². The van der Waals surface area contributed by atoms with E-state index in [0.29, 0.717) is 0 Å². The summed E-state index contributed by atoms with van der Waals surface area (Å²) in [5.41, 5.74) is 10.3. The first-order valence-corrected chi connectivity index (χ1v) is 19.4. The van der Waals surface area contributed by atoms with E-state index in [-0.39, 0.29) is 0 Å². The van der Waals surface area contributed by atoms with Gasteiger partial charge >= 0.3 is 0 Å². The number of fused-ring (bicyclic) bond motifs is 6. The van der Waals surface area contributed by atoms with Gasteiger partial charge in [-0.15, -0.1) is 0 Å². The van der Waals surface area contributed by atoms with Crippen molar-refractivity contribution in [2.45, 2.75) is 0 Å². The van der Waals surface area contributed by atoms with Crippen molar-refractivity contribution in [3.63, 3.8) is 0 Å². The lowest BCUT2D eigenvalue weighted by Gasteiger charge is -2.30. The number of rotatable bonds is 7. The molecule has 0 fully saturated rings. The van der Waals surface area contributed by atoms with E-state index >= 15 is 0 Å². The fraction of sp³-hybridized carbons (Fsp3) is 0. The Labute approximate surface area is 330 Å². The third-order valence-electron chi connectivity index (χ3n) is 11.1. The highest BCUT2D eigenvalue weighted by Crippen LogP contribution is 2.49. The van der Waals surface area contributed by atoms with Crippen LogP contribution in [0.5, 0.6) is 0 Å². The lowest BCUT2D eigenvalue weighted by atomic mass is 9.96. The van der Waals surface area contributed by atoms with Gasteiger partial charge in [0, 0.05) is 34.2 Å². The van der Waals surface area contributed by atoms with Crippen LogP contribution in [-0.2, 0) is 0 Å². The molecule has 3 nitrogen and oxygen atoms in total. The fourth-order valence-electron chi connectivity index (χ4n) is 8.49.